The van der Waals surface area contributed by atoms with Gasteiger partial charge in [-0.3, -0.25) is 0 Å². The van der Waals surface area contributed by atoms with Crippen molar-refractivity contribution in [2.24, 2.45) is 0 Å². The van der Waals surface area contributed by atoms with Crippen LogP contribution >= 0.6 is 47.9 Å². The van der Waals surface area contributed by atoms with Crippen molar-refractivity contribution in [3.63, 3.8) is 0 Å². The van der Waals surface area contributed by atoms with E-state index in [0.29, 0.717) is 13.1 Å². The van der Waals surface area contributed by atoms with Crippen LogP contribution in [0.25, 0.3) is 0 Å². The largest absolute Gasteiger partial charge is 0.387 e. The first-order valence-electron chi connectivity index (χ1n) is 6.28. The summed E-state index contributed by atoms with van der Waals surface area (Å²) in [4.78, 5) is 4.54. The lowest BCUT2D eigenvalue weighted by Crippen LogP contribution is -2.51. The minimum absolute atomic E-state index is 0. The molecule has 0 spiro atoms. The van der Waals surface area contributed by atoms with Crippen molar-refractivity contribution in [3.05, 3.63) is 16.1 Å². The third kappa shape index (κ3) is 6.47. The summed E-state index contributed by atoms with van der Waals surface area (Å²) in [5.74, 6) is 0.985. The first-order valence-corrected chi connectivity index (χ1v) is 8.55. The van der Waals surface area contributed by atoms with Crippen LogP contribution in [-0.4, -0.2) is 41.6 Å². The van der Waals surface area contributed by atoms with Gasteiger partial charge in [0.1, 0.15) is 5.01 Å². The molecule has 1 fully saturated rings. The Kier molecular flexibility index (Phi) is 10.4. The molecule has 0 radical (unpaired) electrons. The van der Waals surface area contributed by atoms with Gasteiger partial charge in [0.2, 0.25) is 0 Å². The molecule has 1 aliphatic heterocycles. The average molecular weight is 360 g/mol. The molecular weight excluding hydrogens is 337 g/mol. The number of halogens is 2. The molecule has 0 bridgehead atoms. The molecule has 0 aliphatic carbocycles. The fourth-order valence-electron chi connectivity index (χ4n) is 2.15. The van der Waals surface area contributed by atoms with Gasteiger partial charge < -0.3 is 15.7 Å². The highest BCUT2D eigenvalue weighted by molar-refractivity contribution is 7.97. The molecule has 2 heterocycles. The van der Waals surface area contributed by atoms with Gasteiger partial charge in [-0.15, -0.1) is 36.2 Å². The zero-order valence-corrected chi connectivity index (χ0v) is 14.8. The number of aliphatic hydroxyl groups is 1. The summed E-state index contributed by atoms with van der Waals surface area (Å²) < 4.78 is 0. The highest BCUT2D eigenvalue weighted by Crippen LogP contribution is 2.16. The molecule has 0 saturated carbocycles. The Hall–Kier alpha value is 0.440. The van der Waals surface area contributed by atoms with Crippen LogP contribution in [-0.2, 0) is 12.3 Å². The van der Waals surface area contributed by atoms with E-state index in [2.05, 4.69) is 27.3 Å². The normalized spacial score (nSPS) is 21.9. The van der Waals surface area contributed by atoms with Gasteiger partial charge >= 0.3 is 0 Å². The van der Waals surface area contributed by atoms with E-state index in [1.165, 1.54) is 5.01 Å². The molecule has 1 aromatic heterocycles. The van der Waals surface area contributed by atoms with Gasteiger partial charge in [0.25, 0.3) is 0 Å². The second kappa shape index (κ2) is 10.2. The van der Waals surface area contributed by atoms with Gasteiger partial charge in [-0.2, -0.15) is 11.8 Å². The highest BCUT2D eigenvalue weighted by atomic mass is 35.5. The molecule has 0 aromatic carbocycles. The molecule has 1 aromatic rings. The third-order valence-corrected chi connectivity index (χ3v) is 4.72. The molecule has 118 valence electrons. The molecule has 1 aliphatic rings. The molecule has 20 heavy (non-hydrogen) atoms. The smallest absolute Gasteiger partial charge is 0.103 e. The lowest BCUT2D eigenvalue weighted by Gasteiger charge is -2.32. The minimum atomic E-state index is -0.587. The number of nitrogens with one attached hydrogen (secondary N) is 2. The number of thiazole rings is 1. The fraction of sp³-hybridized carbons (Fsp3) is 0.750. The highest BCUT2D eigenvalue weighted by Gasteiger charge is 2.28. The van der Waals surface area contributed by atoms with Gasteiger partial charge in [-0.05, 0) is 25.6 Å². The molecular formula is C12H23Cl2N3OS2. The Morgan fingerprint density at radius 3 is 3.00 bits per heavy atom. The van der Waals surface area contributed by atoms with Crippen LogP contribution in [0.2, 0.25) is 0 Å². The maximum atomic E-state index is 10.3. The second-order valence-corrected chi connectivity index (χ2v) is 6.58. The van der Waals surface area contributed by atoms with Crippen LogP contribution in [0.3, 0.4) is 0 Å². The number of rotatable bonds is 6. The van der Waals surface area contributed by atoms with Crippen LogP contribution < -0.4 is 10.6 Å². The summed E-state index contributed by atoms with van der Waals surface area (Å²) >= 11 is 3.51. The minimum Gasteiger partial charge on any atom is -0.387 e. The molecule has 2 rings (SSSR count). The van der Waals surface area contributed by atoms with Crippen LogP contribution in [0.15, 0.2) is 5.38 Å². The molecule has 1 atom stereocenters. The molecule has 8 heteroatoms. The topological polar surface area (TPSA) is 57.2 Å². The number of thioether (sulfide) groups is 1. The third-order valence-electron chi connectivity index (χ3n) is 3.08. The number of β-amino-alcohol motifs (C(OH)–C–C–N with tert-alkyl or cyclic N) is 1. The average Bonchev–Trinajstić information content (AvgIpc) is 2.78. The Balaban J connectivity index is 0.00000180. The summed E-state index contributed by atoms with van der Waals surface area (Å²) in [6.07, 6.45) is 4.01. The zero-order chi connectivity index (χ0) is 12.8. The first kappa shape index (κ1) is 20.4. The summed E-state index contributed by atoms with van der Waals surface area (Å²) in [5.41, 5.74) is 0.493. The molecule has 1 unspecified atom stereocenters. The van der Waals surface area contributed by atoms with E-state index in [4.69, 9.17) is 0 Å². The van der Waals surface area contributed by atoms with Crippen molar-refractivity contribution in [1.29, 1.82) is 0 Å². The molecule has 1 saturated heterocycles. The monoisotopic (exact) mass is 359 g/mol. The van der Waals surface area contributed by atoms with E-state index < -0.39 is 5.60 Å². The Labute approximate surface area is 141 Å². The van der Waals surface area contributed by atoms with Gasteiger partial charge in [0.15, 0.2) is 0 Å². The van der Waals surface area contributed by atoms with E-state index in [1.807, 2.05) is 0 Å². The maximum absolute atomic E-state index is 10.3. The quantitative estimate of drug-likeness (QED) is 0.725. The SMILES string of the molecule is CSCc1nc(CNCC2(O)CCCNC2)cs1.Cl.Cl. The maximum Gasteiger partial charge on any atom is 0.103 e. The number of piperidine rings is 1. The second-order valence-electron chi connectivity index (χ2n) is 4.77. The predicted molar refractivity (Wildman–Crippen MR) is 92.6 cm³/mol. The van der Waals surface area contributed by atoms with Crippen LogP contribution in [0.5, 0.6) is 0 Å². The van der Waals surface area contributed by atoms with Gasteiger partial charge in [0.05, 0.1) is 11.3 Å². The van der Waals surface area contributed by atoms with Crippen molar-refractivity contribution in [2.45, 2.75) is 30.7 Å². The molecule has 3 N–H and O–H groups in total. The Bertz CT molecular complexity index is 373. The first-order chi connectivity index (χ1) is 8.72. The van der Waals surface area contributed by atoms with Crippen molar-refractivity contribution in [2.75, 3.05) is 25.9 Å². The number of hydrogen-bond donors (Lipinski definition) is 3. The Morgan fingerprint density at radius 1 is 1.55 bits per heavy atom. The van der Waals surface area contributed by atoms with Crippen LogP contribution in [0.1, 0.15) is 23.5 Å². The summed E-state index contributed by atoms with van der Waals surface area (Å²) in [7, 11) is 0. The molecule has 4 nitrogen and oxygen atoms in total. The molecule has 0 amide bonds. The lowest BCUT2D eigenvalue weighted by atomic mass is 9.94. The van der Waals surface area contributed by atoms with E-state index in [1.54, 1.807) is 23.1 Å². The Morgan fingerprint density at radius 2 is 2.35 bits per heavy atom. The summed E-state index contributed by atoms with van der Waals surface area (Å²) in [6, 6.07) is 0. The van der Waals surface area contributed by atoms with Gasteiger partial charge in [-0.1, -0.05) is 0 Å². The van der Waals surface area contributed by atoms with E-state index in [0.717, 1.165) is 37.4 Å². The predicted octanol–water partition coefficient (Wildman–Crippen LogP) is 2.05. The summed E-state index contributed by atoms with van der Waals surface area (Å²) in [5, 5.41) is 20.1. The van der Waals surface area contributed by atoms with Crippen LogP contribution in [0, 0.1) is 0 Å². The van der Waals surface area contributed by atoms with Crippen molar-refractivity contribution < 1.29 is 5.11 Å². The number of hydrogen-bond acceptors (Lipinski definition) is 6. The van der Waals surface area contributed by atoms with E-state index in [-0.39, 0.29) is 24.8 Å². The van der Waals surface area contributed by atoms with Crippen molar-refractivity contribution in [3.8, 4) is 0 Å². The number of aromatic nitrogens is 1. The van der Waals surface area contributed by atoms with Crippen molar-refractivity contribution >= 4 is 47.9 Å². The van der Waals surface area contributed by atoms with E-state index in [9.17, 15) is 5.11 Å². The zero-order valence-electron chi connectivity index (χ0n) is 11.6. The van der Waals surface area contributed by atoms with Gasteiger partial charge in [-0.25, -0.2) is 4.98 Å². The van der Waals surface area contributed by atoms with E-state index >= 15 is 0 Å². The van der Waals surface area contributed by atoms with Crippen molar-refractivity contribution in [1.82, 2.24) is 15.6 Å². The lowest BCUT2D eigenvalue weighted by molar-refractivity contribution is 0.0168. The van der Waals surface area contributed by atoms with Gasteiger partial charge in [0, 0.05) is 30.8 Å². The number of nitrogens with zero attached hydrogens (tertiary/aromatic N) is 1. The summed E-state index contributed by atoms with van der Waals surface area (Å²) in [6.45, 7) is 3.09. The fourth-order valence-corrected chi connectivity index (χ4v) is 3.66. The standard InChI is InChI=1S/C12H21N3OS2.2ClH/c1-17-7-11-15-10(6-18-11)5-14-9-12(16)3-2-4-13-8-12;;/h6,13-14,16H,2-5,7-9H2,1H3;2*1H. The van der Waals surface area contributed by atoms with Crippen LogP contribution in [0.4, 0.5) is 0 Å².